The standard InChI is InChI=1S/C8H9FN2O2/c9-6-2-1-5(4-10)7(3-6)13-8(11)12/h1-3H,4,10H2,(H2,11,12). The molecule has 0 bridgehead atoms. The average Bonchev–Trinajstić information content (AvgIpc) is 2.03. The Kier molecular flexibility index (Phi) is 2.81. The lowest BCUT2D eigenvalue weighted by Crippen LogP contribution is -2.17. The summed E-state index contributed by atoms with van der Waals surface area (Å²) in [4.78, 5) is 10.4. The largest absolute Gasteiger partial charge is 0.410 e. The van der Waals surface area contributed by atoms with Crippen LogP contribution in [0.4, 0.5) is 9.18 Å². The number of amides is 1. The molecule has 0 aromatic heterocycles. The van der Waals surface area contributed by atoms with E-state index >= 15 is 0 Å². The fourth-order valence-electron chi connectivity index (χ4n) is 0.900. The number of nitrogens with two attached hydrogens (primary N) is 2. The van der Waals surface area contributed by atoms with Crippen LogP contribution in [0, 0.1) is 5.82 Å². The maximum atomic E-state index is 12.7. The molecule has 4 N–H and O–H groups in total. The summed E-state index contributed by atoms with van der Waals surface area (Å²) in [6, 6.07) is 3.73. The van der Waals surface area contributed by atoms with Crippen LogP contribution in [0.1, 0.15) is 5.56 Å². The summed E-state index contributed by atoms with van der Waals surface area (Å²) in [7, 11) is 0. The lowest BCUT2D eigenvalue weighted by Gasteiger charge is -2.05. The lowest BCUT2D eigenvalue weighted by molar-refractivity contribution is 0.210. The van der Waals surface area contributed by atoms with E-state index < -0.39 is 11.9 Å². The first-order valence-corrected chi connectivity index (χ1v) is 3.59. The second-order valence-corrected chi connectivity index (χ2v) is 2.38. The second kappa shape index (κ2) is 3.86. The van der Waals surface area contributed by atoms with E-state index in [1.54, 1.807) is 0 Å². The van der Waals surface area contributed by atoms with Crippen molar-refractivity contribution in [2.45, 2.75) is 6.54 Å². The molecule has 1 rings (SSSR count). The summed E-state index contributed by atoms with van der Waals surface area (Å²) in [5, 5.41) is 0. The van der Waals surface area contributed by atoms with Gasteiger partial charge in [0.25, 0.3) is 0 Å². The Bertz CT molecular complexity index is 328. The number of rotatable bonds is 2. The maximum absolute atomic E-state index is 12.7. The van der Waals surface area contributed by atoms with Crippen molar-refractivity contribution in [2.24, 2.45) is 11.5 Å². The molecule has 0 aliphatic heterocycles. The van der Waals surface area contributed by atoms with Crippen molar-refractivity contribution in [3.8, 4) is 5.75 Å². The third kappa shape index (κ3) is 2.41. The first-order valence-electron chi connectivity index (χ1n) is 3.59. The lowest BCUT2D eigenvalue weighted by atomic mass is 10.2. The highest BCUT2D eigenvalue weighted by Crippen LogP contribution is 2.19. The van der Waals surface area contributed by atoms with Gasteiger partial charge in [-0.1, -0.05) is 6.07 Å². The van der Waals surface area contributed by atoms with Gasteiger partial charge in [-0.3, -0.25) is 0 Å². The minimum atomic E-state index is -0.986. The van der Waals surface area contributed by atoms with E-state index in [0.717, 1.165) is 6.07 Å². The Morgan fingerprint density at radius 3 is 2.77 bits per heavy atom. The molecule has 5 heteroatoms. The zero-order valence-corrected chi connectivity index (χ0v) is 6.79. The van der Waals surface area contributed by atoms with Crippen LogP contribution in [0.25, 0.3) is 0 Å². The van der Waals surface area contributed by atoms with E-state index in [4.69, 9.17) is 11.5 Å². The van der Waals surface area contributed by atoms with Crippen molar-refractivity contribution in [2.75, 3.05) is 0 Å². The molecule has 0 aliphatic rings. The topological polar surface area (TPSA) is 78.3 Å². The van der Waals surface area contributed by atoms with E-state index in [1.165, 1.54) is 12.1 Å². The summed E-state index contributed by atoms with van der Waals surface area (Å²) in [5.74, 6) is -0.441. The normalized spacial score (nSPS) is 9.69. The summed E-state index contributed by atoms with van der Waals surface area (Å²) in [6.07, 6.45) is -0.986. The molecule has 4 nitrogen and oxygen atoms in total. The molecule has 0 saturated heterocycles. The molecule has 0 unspecified atom stereocenters. The predicted octanol–water partition coefficient (Wildman–Crippen LogP) is 0.742. The molecule has 0 spiro atoms. The molecule has 0 heterocycles. The second-order valence-electron chi connectivity index (χ2n) is 2.38. The predicted molar refractivity (Wildman–Crippen MR) is 44.5 cm³/mol. The van der Waals surface area contributed by atoms with E-state index in [-0.39, 0.29) is 12.3 Å². The van der Waals surface area contributed by atoms with Crippen molar-refractivity contribution < 1.29 is 13.9 Å². The van der Waals surface area contributed by atoms with Gasteiger partial charge < -0.3 is 16.2 Å². The Labute approximate surface area is 74.3 Å². The van der Waals surface area contributed by atoms with Crippen LogP contribution in [-0.4, -0.2) is 6.09 Å². The number of ether oxygens (including phenoxy) is 1. The first kappa shape index (κ1) is 9.47. The Morgan fingerprint density at radius 2 is 2.23 bits per heavy atom. The molecular formula is C8H9FN2O2. The number of carbonyl (C=O) groups excluding carboxylic acids is 1. The fraction of sp³-hybridized carbons (Fsp3) is 0.125. The first-order chi connectivity index (χ1) is 6.13. The number of hydrogen-bond donors (Lipinski definition) is 2. The van der Waals surface area contributed by atoms with Crippen LogP contribution in [0.5, 0.6) is 5.75 Å². The maximum Gasteiger partial charge on any atom is 0.409 e. The van der Waals surface area contributed by atoms with Gasteiger partial charge in [-0.05, 0) is 6.07 Å². The van der Waals surface area contributed by atoms with Gasteiger partial charge in [0.15, 0.2) is 0 Å². The average molecular weight is 184 g/mol. The van der Waals surface area contributed by atoms with E-state index in [2.05, 4.69) is 4.74 Å². The molecule has 0 aliphatic carbocycles. The summed E-state index contributed by atoms with van der Waals surface area (Å²) >= 11 is 0. The molecule has 0 fully saturated rings. The minimum absolute atomic E-state index is 0.0648. The zero-order chi connectivity index (χ0) is 9.84. The molecule has 0 atom stereocenters. The number of hydrogen-bond acceptors (Lipinski definition) is 3. The monoisotopic (exact) mass is 184 g/mol. The molecule has 13 heavy (non-hydrogen) atoms. The number of primary amides is 1. The Hall–Kier alpha value is -1.62. The smallest absolute Gasteiger partial charge is 0.409 e. The van der Waals surface area contributed by atoms with Crippen LogP contribution in [0.2, 0.25) is 0 Å². The molecule has 1 amide bonds. The quantitative estimate of drug-likeness (QED) is 0.711. The van der Waals surface area contributed by atoms with Crippen molar-refractivity contribution in [1.29, 1.82) is 0 Å². The van der Waals surface area contributed by atoms with Crippen molar-refractivity contribution in [3.63, 3.8) is 0 Å². The highest BCUT2D eigenvalue weighted by atomic mass is 19.1. The van der Waals surface area contributed by atoms with Crippen LogP contribution in [0.3, 0.4) is 0 Å². The van der Waals surface area contributed by atoms with Gasteiger partial charge in [0.05, 0.1) is 0 Å². The summed E-state index contributed by atoms with van der Waals surface area (Å²) in [5.41, 5.74) is 10.6. The molecular weight excluding hydrogens is 175 g/mol. The summed E-state index contributed by atoms with van der Waals surface area (Å²) < 4.78 is 17.2. The van der Waals surface area contributed by atoms with Gasteiger partial charge in [0.1, 0.15) is 11.6 Å². The van der Waals surface area contributed by atoms with Gasteiger partial charge in [0.2, 0.25) is 0 Å². The number of benzene rings is 1. The number of carbonyl (C=O) groups is 1. The van der Waals surface area contributed by atoms with E-state index in [0.29, 0.717) is 5.56 Å². The van der Waals surface area contributed by atoms with Crippen LogP contribution < -0.4 is 16.2 Å². The van der Waals surface area contributed by atoms with Crippen LogP contribution in [0.15, 0.2) is 18.2 Å². The Balaban J connectivity index is 3.01. The fourth-order valence-corrected chi connectivity index (χ4v) is 0.900. The Morgan fingerprint density at radius 1 is 1.54 bits per heavy atom. The number of halogens is 1. The van der Waals surface area contributed by atoms with Crippen molar-refractivity contribution in [1.82, 2.24) is 0 Å². The van der Waals surface area contributed by atoms with Crippen molar-refractivity contribution >= 4 is 6.09 Å². The highest BCUT2D eigenvalue weighted by Gasteiger charge is 2.06. The van der Waals surface area contributed by atoms with E-state index in [9.17, 15) is 9.18 Å². The van der Waals surface area contributed by atoms with Crippen molar-refractivity contribution in [3.05, 3.63) is 29.6 Å². The molecule has 1 aromatic carbocycles. The third-order valence-electron chi connectivity index (χ3n) is 1.46. The zero-order valence-electron chi connectivity index (χ0n) is 6.79. The van der Waals surface area contributed by atoms with E-state index in [1.807, 2.05) is 0 Å². The van der Waals surface area contributed by atoms with Gasteiger partial charge in [0, 0.05) is 18.2 Å². The third-order valence-corrected chi connectivity index (χ3v) is 1.46. The highest BCUT2D eigenvalue weighted by molar-refractivity contribution is 5.68. The SMILES string of the molecule is NCc1ccc(F)cc1OC(N)=O. The van der Waals surface area contributed by atoms with Crippen LogP contribution in [-0.2, 0) is 6.54 Å². The minimum Gasteiger partial charge on any atom is -0.410 e. The van der Waals surface area contributed by atoms with Crippen LogP contribution >= 0.6 is 0 Å². The molecule has 0 radical (unpaired) electrons. The van der Waals surface area contributed by atoms with Gasteiger partial charge in [-0.25, -0.2) is 9.18 Å². The molecule has 70 valence electrons. The van der Waals surface area contributed by atoms with Gasteiger partial charge >= 0.3 is 6.09 Å². The summed E-state index contributed by atoms with van der Waals surface area (Å²) in [6.45, 7) is 0.156. The van der Waals surface area contributed by atoms with Gasteiger partial charge in [-0.15, -0.1) is 0 Å². The molecule has 1 aromatic rings. The van der Waals surface area contributed by atoms with Gasteiger partial charge in [-0.2, -0.15) is 0 Å². The molecule has 0 saturated carbocycles.